The molecule has 20 heavy (non-hydrogen) atoms. The van der Waals surface area contributed by atoms with Crippen LogP contribution in [0.2, 0.25) is 0 Å². The summed E-state index contributed by atoms with van der Waals surface area (Å²) in [6, 6.07) is 0. The molecule has 0 aliphatic carbocycles. The first kappa shape index (κ1) is 22.2. The van der Waals surface area contributed by atoms with Crippen LogP contribution in [0.1, 0.15) is 33.6 Å². The molecule has 0 atom stereocenters. The van der Waals surface area contributed by atoms with E-state index in [4.69, 9.17) is 0 Å². The van der Waals surface area contributed by atoms with Crippen molar-refractivity contribution in [2.45, 2.75) is 39.2 Å². The Morgan fingerprint density at radius 3 is 2.30 bits per heavy atom. The normalized spacial score (nSPS) is 12.8. The van der Waals surface area contributed by atoms with Gasteiger partial charge in [0.15, 0.2) is 5.96 Å². The second kappa shape index (κ2) is 9.78. The van der Waals surface area contributed by atoms with Crippen LogP contribution < -0.4 is 10.0 Å². The molecule has 0 heterocycles. The second-order valence-electron chi connectivity index (χ2n) is 5.43. The van der Waals surface area contributed by atoms with Crippen molar-refractivity contribution in [3.8, 4) is 0 Å². The van der Waals surface area contributed by atoms with Gasteiger partial charge in [0.05, 0.1) is 6.26 Å². The van der Waals surface area contributed by atoms with Gasteiger partial charge in [-0.25, -0.2) is 13.1 Å². The fraction of sp³-hybridized carbons (Fsp3) is 0.917. The highest BCUT2D eigenvalue weighted by atomic mass is 127. The van der Waals surface area contributed by atoms with E-state index in [0.717, 1.165) is 31.6 Å². The summed E-state index contributed by atoms with van der Waals surface area (Å²) in [6.45, 7) is 7.21. The van der Waals surface area contributed by atoms with Crippen molar-refractivity contribution >= 4 is 40.0 Å². The van der Waals surface area contributed by atoms with Gasteiger partial charge in [-0.3, -0.25) is 4.99 Å². The minimum Gasteiger partial charge on any atom is -0.354 e. The van der Waals surface area contributed by atoms with Gasteiger partial charge in [-0.2, -0.15) is 0 Å². The number of nitrogens with zero attached hydrogens (tertiary/aromatic N) is 2. The SMILES string of the molecule is CCCCN(C)C(=NC)NCC(C)(C)NS(C)(=O)=O.I. The molecule has 2 N–H and O–H groups in total. The van der Waals surface area contributed by atoms with Crippen LogP contribution in [-0.2, 0) is 10.0 Å². The van der Waals surface area contributed by atoms with Gasteiger partial charge >= 0.3 is 0 Å². The van der Waals surface area contributed by atoms with Gasteiger partial charge in [0.2, 0.25) is 10.0 Å². The number of hydrogen-bond donors (Lipinski definition) is 2. The number of aliphatic imine (C=N–C) groups is 1. The van der Waals surface area contributed by atoms with Crippen molar-refractivity contribution in [1.29, 1.82) is 0 Å². The predicted octanol–water partition coefficient (Wildman–Crippen LogP) is 1.24. The van der Waals surface area contributed by atoms with Gasteiger partial charge in [0, 0.05) is 32.7 Å². The minimum absolute atomic E-state index is 0. The number of nitrogens with one attached hydrogen (secondary N) is 2. The van der Waals surface area contributed by atoms with Crippen LogP contribution in [0.15, 0.2) is 4.99 Å². The Bertz CT molecular complexity index is 396. The van der Waals surface area contributed by atoms with Gasteiger partial charge in [-0.15, -0.1) is 24.0 Å². The lowest BCUT2D eigenvalue weighted by molar-refractivity contribution is 0.420. The maximum absolute atomic E-state index is 11.3. The van der Waals surface area contributed by atoms with E-state index in [2.05, 4.69) is 22.0 Å². The molecule has 0 aliphatic rings. The molecule has 8 heteroatoms. The molecule has 0 fully saturated rings. The quantitative estimate of drug-likeness (QED) is 0.369. The lowest BCUT2D eigenvalue weighted by Crippen LogP contribution is -2.53. The molecule has 0 aliphatic heterocycles. The van der Waals surface area contributed by atoms with Gasteiger partial charge in [-0.1, -0.05) is 13.3 Å². The Morgan fingerprint density at radius 2 is 1.90 bits per heavy atom. The molecule has 122 valence electrons. The molecule has 6 nitrogen and oxygen atoms in total. The highest BCUT2D eigenvalue weighted by Gasteiger charge is 2.22. The Kier molecular flexibility index (Phi) is 10.8. The zero-order valence-corrected chi connectivity index (χ0v) is 16.5. The van der Waals surface area contributed by atoms with Gasteiger partial charge < -0.3 is 10.2 Å². The van der Waals surface area contributed by atoms with Gasteiger partial charge in [-0.05, 0) is 20.3 Å². The monoisotopic (exact) mass is 420 g/mol. The van der Waals surface area contributed by atoms with Crippen LogP contribution in [0.4, 0.5) is 0 Å². The summed E-state index contributed by atoms with van der Waals surface area (Å²) in [4.78, 5) is 6.24. The summed E-state index contributed by atoms with van der Waals surface area (Å²) in [6.07, 6.45) is 3.39. The van der Waals surface area contributed by atoms with Crippen molar-refractivity contribution < 1.29 is 8.42 Å². The third-order valence-electron chi connectivity index (χ3n) is 2.57. The first-order valence-electron chi connectivity index (χ1n) is 6.52. The minimum atomic E-state index is -3.21. The van der Waals surface area contributed by atoms with Crippen LogP contribution in [0.3, 0.4) is 0 Å². The third-order valence-corrected chi connectivity index (χ3v) is 3.49. The molecule has 0 spiro atoms. The standard InChI is InChI=1S/C12H28N4O2S.HI/c1-7-8-9-16(5)11(13-4)14-10-12(2,3)15-19(6,17)18;/h15H,7-10H2,1-6H3,(H,13,14);1H. The molecule has 0 radical (unpaired) electrons. The molecule has 0 amide bonds. The number of unbranched alkanes of at least 4 members (excludes halogenated alkanes) is 1. The average molecular weight is 420 g/mol. The number of rotatable bonds is 7. The number of halogens is 1. The van der Waals surface area contributed by atoms with Crippen molar-refractivity contribution in [3.63, 3.8) is 0 Å². The maximum atomic E-state index is 11.3. The van der Waals surface area contributed by atoms with E-state index >= 15 is 0 Å². The Morgan fingerprint density at radius 1 is 1.35 bits per heavy atom. The van der Waals surface area contributed by atoms with Crippen LogP contribution in [0.25, 0.3) is 0 Å². The smallest absolute Gasteiger partial charge is 0.209 e. The molecular formula is C12H29IN4O2S. The van der Waals surface area contributed by atoms with Crippen molar-refractivity contribution in [2.24, 2.45) is 4.99 Å². The molecule has 0 saturated carbocycles. The Labute approximate surface area is 140 Å². The molecule has 0 aromatic heterocycles. The molecule has 0 saturated heterocycles. The van der Waals surface area contributed by atoms with Crippen molar-refractivity contribution in [2.75, 3.05) is 33.4 Å². The molecule has 0 aromatic rings. The Balaban J connectivity index is 0. The summed E-state index contributed by atoms with van der Waals surface area (Å²) in [5.74, 6) is 0.775. The van der Waals surface area contributed by atoms with E-state index < -0.39 is 15.6 Å². The summed E-state index contributed by atoms with van der Waals surface area (Å²) in [7, 11) is 0.484. The number of guanidine groups is 1. The highest BCUT2D eigenvalue weighted by molar-refractivity contribution is 14.0. The summed E-state index contributed by atoms with van der Waals surface area (Å²) >= 11 is 0. The number of hydrogen-bond acceptors (Lipinski definition) is 3. The maximum Gasteiger partial charge on any atom is 0.209 e. The predicted molar refractivity (Wildman–Crippen MR) is 96.4 cm³/mol. The first-order valence-corrected chi connectivity index (χ1v) is 8.41. The summed E-state index contributed by atoms with van der Waals surface area (Å²) in [5, 5.41) is 3.19. The van der Waals surface area contributed by atoms with Crippen LogP contribution in [0.5, 0.6) is 0 Å². The topological polar surface area (TPSA) is 73.8 Å². The summed E-state index contributed by atoms with van der Waals surface area (Å²) in [5.41, 5.74) is -0.560. The van der Waals surface area contributed by atoms with Crippen LogP contribution >= 0.6 is 24.0 Å². The number of sulfonamides is 1. The summed E-state index contributed by atoms with van der Waals surface area (Å²) < 4.78 is 25.1. The fourth-order valence-corrected chi connectivity index (χ4v) is 2.80. The fourth-order valence-electron chi connectivity index (χ4n) is 1.72. The molecule has 0 bridgehead atoms. The molecule has 0 rings (SSSR count). The van der Waals surface area contributed by atoms with E-state index in [0.29, 0.717) is 6.54 Å². The first-order chi connectivity index (χ1) is 8.61. The van der Waals surface area contributed by atoms with E-state index in [1.807, 2.05) is 25.8 Å². The van der Waals surface area contributed by atoms with Gasteiger partial charge in [0.1, 0.15) is 0 Å². The van der Waals surface area contributed by atoms with Crippen LogP contribution in [0, 0.1) is 0 Å². The van der Waals surface area contributed by atoms with Gasteiger partial charge in [0.25, 0.3) is 0 Å². The zero-order valence-electron chi connectivity index (χ0n) is 13.4. The van der Waals surface area contributed by atoms with Crippen molar-refractivity contribution in [3.05, 3.63) is 0 Å². The van der Waals surface area contributed by atoms with E-state index in [1.165, 1.54) is 0 Å². The Hall–Kier alpha value is -0.0900. The van der Waals surface area contributed by atoms with Crippen LogP contribution in [-0.4, -0.2) is 58.3 Å². The zero-order chi connectivity index (χ0) is 15.1. The van der Waals surface area contributed by atoms with Crippen molar-refractivity contribution in [1.82, 2.24) is 14.9 Å². The molecule has 0 unspecified atom stereocenters. The molecular weight excluding hydrogens is 391 g/mol. The van der Waals surface area contributed by atoms with E-state index in [9.17, 15) is 8.42 Å². The third kappa shape index (κ3) is 10.7. The molecule has 0 aromatic carbocycles. The lowest BCUT2D eigenvalue weighted by atomic mass is 10.1. The lowest BCUT2D eigenvalue weighted by Gasteiger charge is -2.29. The second-order valence-corrected chi connectivity index (χ2v) is 7.18. The average Bonchev–Trinajstić information content (AvgIpc) is 2.23. The highest BCUT2D eigenvalue weighted by Crippen LogP contribution is 2.02. The largest absolute Gasteiger partial charge is 0.354 e. The van der Waals surface area contributed by atoms with E-state index in [1.54, 1.807) is 7.05 Å². The van der Waals surface area contributed by atoms with E-state index in [-0.39, 0.29) is 24.0 Å².